The van der Waals surface area contributed by atoms with Crippen LogP contribution >= 0.6 is 0 Å². The molecule has 0 aromatic heterocycles. The Hall–Kier alpha value is -1.75. The zero-order valence-corrected chi connectivity index (χ0v) is 8.27. The monoisotopic (exact) mass is 211 g/mol. The number of rotatable bonds is 4. The SMILES string of the molecule is CN[C@@H](Cc1ccc(O)c(O)c1)C(=O)O. The van der Waals surface area contributed by atoms with E-state index in [9.17, 15) is 9.90 Å². The quantitative estimate of drug-likeness (QED) is 0.538. The molecule has 0 aliphatic rings. The van der Waals surface area contributed by atoms with Crippen LogP contribution in [0.15, 0.2) is 18.2 Å². The van der Waals surface area contributed by atoms with E-state index in [1.165, 1.54) is 12.1 Å². The number of carbonyl (C=O) groups is 1. The third-order valence-corrected chi connectivity index (χ3v) is 2.13. The largest absolute Gasteiger partial charge is 0.504 e. The summed E-state index contributed by atoms with van der Waals surface area (Å²) in [4.78, 5) is 10.7. The minimum absolute atomic E-state index is 0.213. The van der Waals surface area contributed by atoms with E-state index >= 15 is 0 Å². The number of phenols is 2. The summed E-state index contributed by atoms with van der Waals surface area (Å²) in [6, 6.07) is 3.55. The lowest BCUT2D eigenvalue weighted by atomic mass is 10.1. The summed E-state index contributed by atoms with van der Waals surface area (Å²) in [7, 11) is 1.55. The number of likely N-dealkylation sites (N-methyl/N-ethyl adjacent to an activating group) is 1. The number of aliphatic carboxylic acids is 1. The fourth-order valence-electron chi connectivity index (χ4n) is 1.24. The maximum absolute atomic E-state index is 10.7. The molecule has 15 heavy (non-hydrogen) atoms. The van der Waals surface area contributed by atoms with Crippen LogP contribution in [0.1, 0.15) is 5.56 Å². The smallest absolute Gasteiger partial charge is 0.321 e. The van der Waals surface area contributed by atoms with Crippen LogP contribution in [-0.2, 0) is 11.2 Å². The third-order valence-electron chi connectivity index (χ3n) is 2.13. The minimum Gasteiger partial charge on any atom is -0.504 e. The summed E-state index contributed by atoms with van der Waals surface area (Å²) in [5.41, 5.74) is 0.645. The maximum Gasteiger partial charge on any atom is 0.321 e. The van der Waals surface area contributed by atoms with Crippen molar-refractivity contribution in [3.8, 4) is 11.5 Å². The molecule has 0 aliphatic heterocycles. The Morgan fingerprint density at radius 3 is 2.53 bits per heavy atom. The summed E-state index contributed by atoms with van der Waals surface area (Å²) in [6.45, 7) is 0. The standard InChI is InChI=1S/C10H13NO4/c1-11-7(10(14)15)4-6-2-3-8(12)9(13)5-6/h2-3,5,7,11-13H,4H2,1H3,(H,14,15)/t7-/m0/s1. The lowest BCUT2D eigenvalue weighted by Gasteiger charge is -2.11. The summed E-state index contributed by atoms with van der Waals surface area (Å²) >= 11 is 0. The number of nitrogens with one attached hydrogen (secondary N) is 1. The number of hydrogen-bond donors (Lipinski definition) is 4. The van der Waals surface area contributed by atoms with Gasteiger partial charge < -0.3 is 20.6 Å². The van der Waals surface area contributed by atoms with E-state index in [0.29, 0.717) is 5.56 Å². The molecule has 0 radical (unpaired) electrons. The number of benzene rings is 1. The van der Waals surface area contributed by atoms with Crippen LogP contribution in [0.3, 0.4) is 0 Å². The van der Waals surface area contributed by atoms with Crippen LogP contribution in [-0.4, -0.2) is 34.4 Å². The lowest BCUT2D eigenvalue weighted by Crippen LogP contribution is -2.35. The molecule has 1 aromatic rings. The van der Waals surface area contributed by atoms with Crippen LogP contribution in [0.4, 0.5) is 0 Å². The molecule has 4 N–H and O–H groups in total. The zero-order chi connectivity index (χ0) is 11.4. The van der Waals surface area contributed by atoms with Crippen LogP contribution in [0.25, 0.3) is 0 Å². The highest BCUT2D eigenvalue weighted by atomic mass is 16.4. The Morgan fingerprint density at radius 1 is 1.40 bits per heavy atom. The van der Waals surface area contributed by atoms with E-state index in [0.717, 1.165) is 0 Å². The van der Waals surface area contributed by atoms with E-state index in [1.54, 1.807) is 13.1 Å². The number of carboxylic acid groups (broad SMARTS) is 1. The molecule has 0 aliphatic carbocycles. The fourth-order valence-corrected chi connectivity index (χ4v) is 1.24. The van der Waals surface area contributed by atoms with Crippen molar-refractivity contribution in [2.45, 2.75) is 12.5 Å². The Bertz CT molecular complexity index is 364. The second-order valence-electron chi connectivity index (χ2n) is 3.21. The average molecular weight is 211 g/mol. The first-order valence-corrected chi connectivity index (χ1v) is 4.45. The molecule has 1 aromatic carbocycles. The van der Waals surface area contributed by atoms with Gasteiger partial charge in [0.2, 0.25) is 0 Å². The molecule has 1 atom stereocenters. The molecular formula is C10H13NO4. The van der Waals surface area contributed by atoms with Crippen molar-refractivity contribution >= 4 is 5.97 Å². The zero-order valence-electron chi connectivity index (χ0n) is 8.27. The molecule has 82 valence electrons. The molecule has 1 rings (SSSR count). The van der Waals surface area contributed by atoms with Crippen molar-refractivity contribution in [2.75, 3.05) is 7.05 Å². The molecule has 0 fully saturated rings. The Balaban J connectivity index is 2.80. The topological polar surface area (TPSA) is 89.8 Å². The Kier molecular flexibility index (Phi) is 3.51. The third kappa shape index (κ3) is 2.85. The van der Waals surface area contributed by atoms with Gasteiger partial charge in [0.1, 0.15) is 6.04 Å². The first-order chi connectivity index (χ1) is 7.04. The first kappa shape index (κ1) is 11.3. The van der Waals surface area contributed by atoms with Gasteiger partial charge in [-0.15, -0.1) is 0 Å². The molecule has 0 amide bonds. The van der Waals surface area contributed by atoms with Gasteiger partial charge in [-0.25, -0.2) is 0 Å². The van der Waals surface area contributed by atoms with E-state index in [2.05, 4.69) is 5.32 Å². The summed E-state index contributed by atoms with van der Waals surface area (Å²) in [5, 5.41) is 29.7. The summed E-state index contributed by atoms with van der Waals surface area (Å²) < 4.78 is 0. The van der Waals surface area contributed by atoms with E-state index in [4.69, 9.17) is 10.2 Å². The van der Waals surface area contributed by atoms with Crippen molar-refractivity contribution in [3.63, 3.8) is 0 Å². The molecule has 0 saturated heterocycles. The number of aromatic hydroxyl groups is 2. The van der Waals surface area contributed by atoms with Gasteiger partial charge in [0.05, 0.1) is 0 Å². The molecule has 0 saturated carbocycles. The van der Waals surface area contributed by atoms with E-state index in [1.807, 2.05) is 0 Å². The van der Waals surface area contributed by atoms with Crippen molar-refractivity contribution in [3.05, 3.63) is 23.8 Å². The summed E-state index contributed by atoms with van der Waals surface area (Å²) in [5.74, 6) is -1.41. The first-order valence-electron chi connectivity index (χ1n) is 4.45. The van der Waals surface area contributed by atoms with Crippen LogP contribution in [0.5, 0.6) is 11.5 Å². The summed E-state index contributed by atoms with van der Waals surface area (Å²) in [6.07, 6.45) is 0.250. The van der Waals surface area contributed by atoms with E-state index < -0.39 is 12.0 Å². The maximum atomic E-state index is 10.7. The van der Waals surface area contributed by atoms with Gasteiger partial charge in [-0.1, -0.05) is 6.07 Å². The molecule has 0 unspecified atom stereocenters. The van der Waals surface area contributed by atoms with Crippen molar-refractivity contribution in [1.29, 1.82) is 0 Å². The van der Waals surface area contributed by atoms with Gasteiger partial charge in [0.25, 0.3) is 0 Å². The lowest BCUT2D eigenvalue weighted by molar-refractivity contribution is -0.139. The number of phenolic OH excluding ortho intramolecular Hbond substituents is 2. The van der Waals surface area contributed by atoms with Crippen LogP contribution in [0, 0.1) is 0 Å². The molecule has 5 nitrogen and oxygen atoms in total. The van der Waals surface area contributed by atoms with Gasteiger partial charge in [-0.05, 0) is 31.2 Å². The van der Waals surface area contributed by atoms with Gasteiger partial charge in [-0.3, -0.25) is 4.79 Å². The highest BCUT2D eigenvalue weighted by molar-refractivity contribution is 5.73. The molecule has 0 heterocycles. The van der Waals surface area contributed by atoms with Gasteiger partial charge in [-0.2, -0.15) is 0 Å². The molecule has 5 heteroatoms. The van der Waals surface area contributed by atoms with E-state index in [-0.39, 0.29) is 17.9 Å². The van der Waals surface area contributed by atoms with Gasteiger partial charge in [0, 0.05) is 0 Å². The van der Waals surface area contributed by atoms with Crippen molar-refractivity contribution in [2.24, 2.45) is 0 Å². The predicted molar refractivity (Wildman–Crippen MR) is 54.0 cm³/mol. The van der Waals surface area contributed by atoms with Crippen molar-refractivity contribution in [1.82, 2.24) is 5.32 Å². The second-order valence-corrected chi connectivity index (χ2v) is 3.21. The van der Waals surface area contributed by atoms with Crippen molar-refractivity contribution < 1.29 is 20.1 Å². The molecule has 0 bridgehead atoms. The molecular weight excluding hydrogens is 198 g/mol. The highest BCUT2D eigenvalue weighted by Crippen LogP contribution is 2.25. The van der Waals surface area contributed by atoms with Crippen LogP contribution in [0.2, 0.25) is 0 Å². The van der Waals surface area contributed by atoms with Crippen LogP contribution < -0.4 is 5.32 Å². The Labute approximate surface area is 87.0 Å². The minimum atomic E-state index is -0.954. The predicted octanol–water partition coefficient (Wildman–Crippen LogP) is 0.313. The highest BCUT2D eigenvalue weighted by Gasteiger charge is 2.15. The number of hydrogen-bond acceptors (Lipinski definition) is 4. The number of carboxylic acids is 1. The second kappa shape index (κ2) is 4.65. The normalized spacial score (nSPS) is 12.3. The fraction of sp³-hybridized carbons (Fsp3) is 0.300. The Morgan fingerprint density at radius 2 is 2.07 bits per heavy atom. The van der Waals surface area contributed by atoms with Gasteiger partial charge in [0.15, 0.2) is 11.5 Å². The average Bonchev–Trinajstić information content (AvgIpc) is 2.19. The molecule has 0 spiro atoms. The van der Waals surface area contributed by atoms with Gasteiger partial charge >= 0.3 is 5.97 Å².